The number of hydrogen-bond donors (Lipinski definition) is 1. The second-order valence-electron chi connectivity index (χ2n) is 8.36. The Morgan fingerprint density at radius 2 is 2.29 bits per heavy atom. The van der Waals surface area contributed by atoms with E-state index in [2.05, 4.69) is 10.3 Å². The number of amides is 1. The van der Waals surface area contributed by atoms with Gasteiger partial charge >= 0.3 is 0 Å². The summed E-state index contributed by atoms with van der Waals surface area (Å²) in [5.74, 6) is 1.00. The van der Waals surface area contributed by atoms with Crippen LogP contribution in [0.5, 0.6) is 0 Å². The number of imidazole rings is 1. The Balaban J connectivity index is 0.00000225. The highest BCUT2D eigenvalue weighted by Gasteiger charge is 2.58. The van der Waals surface area contributed by atoms with E-state index in [0.717, 1.165) is 57.6 Å². The molecular weight excluding hydrogens is 380 g/mol. The topological polar surface area (TPSA) is 68.6 Å². The zero-order valence-electron chi connectivity index (χ0n) is 16.9. The van der Waals surface area contributed by atoms with Crippen LogP contribution in [-0.4, -0.2) is 64.9 Å². The highest BCUT2D eigenvalue weighted by atomic mass is 35.5. The molecule has 0 radical (unpaired) electrons. The molecule has 158 valence electrons. The summed E-state index contributed by atoms with van der Waals surface area (Å²) in [6.07, 6.45) is 8.92. The lowest BCUT2D eigenvalue weighted by Crippen LogP contribution is -2.44. The molecule has 3 heterocycles. The van der Waals surface area contributed by atoms with Crippen LogP contribution in [0.25, 0.3) is 0 Å². The van der Waals surface area contributed by atoms with Crippen molar-refractivity contribution in [2.75, 3.05) is 26.3 Å². The number of aromatic nitrogens is 2. The molecule has 3 unspecified atom stereocenters. The van der Waals surface area contributed by atoms with Gasteiger partial charge in [0, 0.05) is 32.1 Å². The van der Waals surface area contributed by atoms with E-state index in [0.29, 0.717) is 24.6 Å². The number of aryl methyl sites for hydroxylation is 1. The number of hydrogen-bond acceptors (Lipinski definition) is 5. The van der Waals surface area contributed by atoms with Crippen LogP contribution in [-0.2, 0) is 27.9 Å². The number of rotatable bonds is 7. The third-order valence-corrected chi connectivity index (χ3v) is 6.54. The predicted molar refractivity (Wildman–Crippen MR) is 108 cm³/mol. The molecule has 3 aliphatic rings. The van der Waals surface area contributed by atoms with Gasteiger partial charge in [-0.2, -0.15) is 0 Å². The first kappa shape index (κ1) is 21.6. The number of nitrogens with one attached hydrogen (secondary N) is 1. The van der Waals surface area contributed by atoms with Crippen LogP contribution in [0.2, 0.25) is 0 Å². The summed E-state index contributed by atoms with van der Waals surface area (Å²) in [5, 5.41) is 3.44. The van der Waals surface area contributed by atoms with Crippen LogP contribution in [0.1, 0.15) is 44.9 Å². The van der Waals surface area contributed by atoms with Crippen molar-refractivity contribution in [3.05, 3.63) is 18.2 Å². The zero-order valence-corrected chi connectivity index (χ0v) is 17.7. The van der Waals surface area contributed by atoms with Crippen molar-refractivity contribution in [1.29, 1.82) is 0 Å². The number of piperidine rings is 1. The molecule has 1 saturated carbocycles. The van der Waals surface area contributed by atoms with Gasteiger partial charge in [0.15, 0.2) is 0 Å². The summed E-state index contributed by atoms with van der Waals surface area (Å²) in [5.41, 5.74) is 0.292. The molecule has 2 saturated heterocycles. The monoisotopic (exact) mass is 412 g/mol. The first-order valence-corrected chi connectivity index (χ1v) is 10.3. The molecule has 7 nitrogen and oxygen atoms in total. The number of nitrogens with zero attached hydrogens (tertiary/aromatic N) is 3. The largest absolute Gasteiger partial charge is 0.376 e. The van der Waals surface area contributed by atoms with Crippen molar-refractivity contribution in [3.8, 4) is 0 Å². The van der Waals surface area contributed by atoms with Crippen LogP contribution in [0.3, 0.4) is 0 Å². The van der Waals surface area contributed by atoms with Crippen LogP contribution in [0.15, 0.2) is 12.4 Å². The van der Waals surface area contributed by atoms with E-state index >= 15 is 0 Å². The summed E-state index contributed by atoms with van der Waals surface area (Å²) >= 11 is 0. The summed E-state index contributed by atoms with van der Waals surface area (Å²) < 4.78 is 13.5. The van der Waals surface area contributed by atoms with E-state index in [1.807, 2.05) is 29.6 Å². The summed E-state index contributed by atoms with van der Waals surface area (Å²) in [6, 6.07) is 0.303. The lowest BCUT2D eigenvalue weighted by molar-refractivity contribution is -0.146. The Hall–Kier alpha value is -1.15. The lowest BCUT2D eigenvalue weighted by atomic mass is 9.93. The fraction of sp³-hybridized carbons (Fsp3) is 0.800. The zero-order chi connectivity index (χ0) is 18.9. The first-order chi connectivity index (χ1) is 13.1. The van der Waals surface area contributed by atoms with Crippen LogP contribution in [0, 0.1) is 5.41 Å². The highest BCUT2D eigenvalue weighted by Crippen LogP contribution is 2.56. The predicted octanol–water partition coefficient (Wildman–Crippen LogP) is 1.90. The Morgan fingerprint density at radius 1 is 1.50 bits per heavy atom. The summed E-state index contributed by atoms with van der Waals surface area (Å²) in [7, 11) is 1.98. The molecule has 8 heteroatoms. The smallest absolute Gasteiger partial charge is 0.252 e. The van der Waals surface area contributed by atoms with Crippen molar-refractivity contribution in [3.63, 3.8) is 0 Å². The second-order valence-corrected chi connectivity index (χ2v) is 8.36. The first-order valence-electron chi connectivity index (χ1n) is 10.3. The fourth-order valence-corrected chi connectivity index (χ4v) is 4.60. The Morgan fingerprint density at radius 3 is 2.93 bits per heavy atom. The van der Waals surface area contributed by atoms with Gasteiger partial charge in [0.1, 0.15) is 11.9 Å². The Bertz CT molecular complexity index is 656. The number of carbonyl (C=O) groups excluding carboxylic acids is 1. The van der Waals surface area contributed by atoms with E-state index in [-0.39, 0.29) is 24.4 Å². The second kappa shape index (κ2) is 9.11. The van der Waals surface area contributed by atoms with Gasteiger partial charge in [-0.05, 0) is 57.5 Å². The maximum Gasteiger partial charge on any atom is 0.252 e. The minimum atomic E-state index is -0.450. The SMILES string of the molecule is CC(OCC1CCCO1)C(=O)N(Cc1nccn1C)C1CC12CCNCC2.Cl. The van der Waals surface area contributed by atoms with E-state index in [1.165, 1.54) is 0 Å². The summed E-state index contributed by atoms with van der Waals surface area (Å²) in [6.45, 7) is 5.83. The molecule has 3 fully saturated rings. The molecule has 4 rings (SSSR count). The van der Waals surface area contributed by atoms with Gasteiger partial charge in [-0.15, -0.1) is 12.4 Å². The molecule has 1 amide bonds. The average molecular weight is 413 g/mol. The van der Waals surface area contributed by atoms with E-state index in [1.54, 1.807) is 6.20 Å². The van der Waals surface area contributed by atoms with Crippen LogP contribution in [0.4, 0.5) is 0 Å². The maximum atomic E-state index is 13.3. The Labute approximate surface area is 173 Å². The minimum absolute atomic E-state index is 0. The third kappa shape index (κ3) is 4.53. The van der Waals surface area contributed by atoms with E-state index in [4.69, 9.17) is 9.47 Å². The molecule has 0 bridgehead atoms. The van der Waals surface area contributed by atoms with Gasteiger partial charge in [-0.25, -0.2) is 4.98 Å². The maximum absolute atomic E-state index is 13.3. The van der Waals surface area contributed by atoms with Crippen molar-refractivity contribution >= 4 is 18.3 Å². The van der Waals surface area contributed by atoms with E-state index in [9.17, 15) is 4.79 Å². The molecule has 3 atom stereocenters. The van der Waals surface area contributed by atoms with Gasteiger partial charge < -0.3 is 24.3 Å². The molecule has 28 heavy (non-hydrogen) atoms. The van der Waals surface area contributed by atoms with Crippen molar-refractivity contribution in [2.45, 2.75) is 63.8 Å². The molecule has 1 aromatic rings. The molecule has 0 aromatic carbocycles. The third-order valence-electron chi connectivity index (χ3n) is 6.54. The average Bonchev–Trinajstić information content (AvgIpc) is 3.05. The van der Waals surface area contributed by atoms with Crippen LogP contribution < -0.4 is 5.32 Å². The Kier molecular flexibility index (Phi) is 7.02. The summed E-state index contributed by atoms with van der Waals surface area (Å²) in [4.78, 5) is 19.8. The fourth-order valence-electron chi connectivity index (χ4n) is 4.60. The van der Waals surface area contributed by atoms with Crippen molar-refractivity contribution in [1.82, 2.24) is 19.8 Å². The van der Waals surface area contributed by atoms with Crippen molar-refractivity contribution < 1.29 is 14.3 Å². The van der Waals surface area contributed by atoms with Gasteiger partial charge in [-0.1, -0.05) is 0 Å². The number of ether oxygens (including phenoxy) is 2. The minimum Gasteiger partial charge on any atom is -0.376 e. The number of halogens is 1. The van der Waals surface area contributed by atoms with Gasteiger partial charge in [0.2, 0.25) is 0 Å². The quantitative estimate of drug-likeness (QED) is 0.740. The van der Waals surface area contributed by atoms with Crippen molar-refractivity contribution in [2.24, 2.45) is 12.5 Å². The molecule has 1 spiro atoms. The van der Waals surface area contributed by atoms with E-state index < -0.39 is 6.10 Å². The molecule has 1 aliphatic carbocycles. The number of carbonyl (C=O) groups is 1. The van der Waals surface area contributed by atoms with Crippen LogP contribution >= 0.6 is 12.4 Å². The highest BCUT2D eigenvalue weighted by molar-refractivity contribution is 5.85. The molecule has 2 aliphatic heterocycles. The van der Waals surface area contributed by atoms with Gasteiger partial charge in [0.25, 0.3) is 5.91 Å². The standard InChI is InChI=1S/C20H32N4O3.ClH/c1-15(27-14-16-4-3-11-26-16)19(25)24(13-18-22-9-10-23(18)2)17-12-20(17)5-7-21-8-6-20;/h9-10,15-17,21H,3-8,11-14H2,1-2H3;1H. The van der Waals surface area contributed by atoms with Gasteiger partial charge in [-0.3, -0.25) is 4.79 Å². The molecule has 1 N–H and O–H groups in total. The normalized spacial score (nSPS) is 26.6. The molecule has 1 aromatic heterocycles. The molecular formula is C20H33ClN4O3. The van der Waals surface area contributed by atoms with Gasteiger partial charge in [0.05, 0.1) is 19.3 Å². The lowest BCUT2D eigenvalue weighted by Gasteiger charge is -2.31.